The lowest BCUT2D eigenvalue weighted by atomic mass is 9.45. The maximum absolute atomic E-state index is 2.75. The standard InChI is InChI=1S/C63H53BN2/c1-36-17-13-14-22-44(36)41-30-49-51-35-43(63(7,8)9)34-50-48-33-42(62(4,5)6)25-27-54(48)66(60(50)51)64-53-31-40(39-20-11-10-12-21-39)29-52-58-47-24-16-23-46(57-37(2)18-15-19-38(57)3)45(47)26-28-55(58)65(61(52)53)56(32-41)59(49)64/h10-35H,1-9H3. The largest absolute Gasteiger partial charge is 0.375 e. The van der Waals surface area contributed by atoms with Gasteiger partial charge in [-0.05, 0) is 169 Å². The van der Waals surface area contributed by atoms with Crippen molar-refractivity contribution in [3.05, 3.63) is 186 Å². The molecular formula is C63H53BN2. The Morgan fingerprint density at radius 2 is 1.09 bits per heavy atom. The molecule has 66 heavy (non-hydrogen) atoms. The topological polar surface area (TPSA) is 9.86 Å². The van der Waals surface area contributed by atoms with Gasteiger partial charge in [0.1, 0.15) is 0 Å². The maximum Gasteiger partial charge on any atom is 0.333 e. The molecule has 4 heterocycles. The first-order valence-electron chi connectivity index (χ1n) is 23.8. The summed E-state index contributed by atoms with van der Waals surface area (Å²) in [5.74, 6) is 0. The van der Waals surface area contributed by atoms with Gasteiger partial charge in [0.2, 0.25) is 0 Å². The number of aryl methyl sites for hydroxylation is 3. The summed E-state index contributed by atoms with van der Waals surface area (Å²) in [5, 5.41) is 7.88. The Morgan fingerprint density at radius 1 is 0.409 bits per heavy atom. The molecular weight excluding hydrogens is 796 g/mol. The highest BCUT2D eigenvalue weighted by Gasteiger charge is 2.43. The predicted molar refractivity (Wildman–Crippen MR) is 285 cm³/mol. The van der Waals surface area contributed by atoms with Crippen molar-refractivity contribution in [3.63, 3.8) is 0 Å². The average Bonchev–Trinajstić information content (AvgIpc) is 3.82. The number of benzene rings is 9. The van der Waals surface area contributed by atoms with Crippen molar-refractivity contribution in [1.29, 1.82) is 0 Å². The summed E-state index contributed by atoms with van der Waals surface area (Å²) in [6.45, 7) is 20.8. The molecule has 0 amide bonds. The van der Waals surface area contributed by atoms with E-state index in [4.69, 9.17) is 0 Å². The van der Waals surface area contributed by atoms with E-state index in [1.54, 1.807) is 0 Å². The van der Waals surface area contributed by atoms with Crippen molar-refractivity contribution in [2.24, 2.45) is 0 Å². The Labute approximate surface area is 388 Å². The van der Waals surface area contributed by atoms with Crippen LogP contribution in [0.3, 0.4) is 0 Å². The highest BCUT2D eigenvalue weighted by atomic mass is 15.0. The molecule has 2 aromatic heterocycles. The van der Waals surface area contributed by atoms with Gasteiger partial charge in [-0.15, -0.1) is 0 Å². The summed E-state index contributed by atoms with van der Waals surface area (Å²) >= 11 is 0. The van der Waals surface area contributed by atoms with E-state index >= 15 is 0 Å². The van der Waals surface area contributed by atoms with Crippen molar-refractivity contribution in [2.45, 2.75) is 73.1 Å². The number of rotatable bonds is 3. The third-order valence-corrected chi connectivity index (χ3v) is 15.4. The molecule has 2 aliphatic heterocycles. The fourth-order valence-electron chi connectivity index (χ4n) is 12.1. The van der Waals surface area contributed by atoms with Crippen molar-refractivity contribution in [1.82, 2.24) is 9.05 Å². The molecule has 0 saturated heterocycles. The maximum atomic E-state index is 2.75. The van der Waals surface area contributed by atoms with Gasteiger partial charge in [-0.1, -0.05) is 151 Å². The third kappa shape index (κ3) is 5.37. The molecule has 2 nitrogen and oxygen atoms in total. The first-order valence-corrected chi connectivity index (χ1v) is 23.8. The molecule has 318 valence electrons. The normalized spacial score (nSPS) is 13.2. The molecule has 2 aliphatic rings. The molecule has 9 aromatic carbocycles. The molecule has 0 N–H and O–H groups in total. The Bertz CT molecular complexity index is 3900. The van der Waals surface area contributed by atoms with Gasteiger partial charge in [0.25, 0.3) is 0 Å². The minimum absolute atomic E-state index is 0.00827. The summed E-state index contributed by atoms with van der Waals surface area (Å²) in [5.41, 5.74) is 26.0. The van der Waals surface area contributed by atoms with Crippen LogP contribution in [0.25, 0.3) is 105 Å². The van der Waals surface area contributed by atoms with Crippen LogP contribution in [0.1, 0.15) is 69.4 Å². The predicted octanol–water partition coefficient (Wildman–Crippen LogP) is 15.5. The SMILES string of the molecule is Cc1ccccc1-c1cc2c3c(c1)-n1c4ccc5c(-c6c(C)cccc6C)cccc5c4c4cc(-c5ccccc5)cc(c41)B3n1c3ccc(C(C)(C)C)cc3c3cc(C(C)(C)C)cc-2c31. The second-order valence-electron chi connectivity index (χ2n) is 21.5. The molecule has 11 aromatic rings. The first kappa shape index (κ1) is 39.3. The van der Waals surface area contributed by atoms with Gasteiger partial charge < -0.3 is 9.05 Å². The highest BCUT2D eigenvalue weighted by molar-refractivity contribution is 6.90. The summed E-state index contributed by atoms with van der Waals surface area (Å²) in [6, 6.07) is 61.0. The monoisotopic (exact) mass is 848 g/mol. The number of nitrogens with zero attached hydrogens (tertiary/aromatic N) is 2. The van der Waals surface area contributed by atoms with Gasteiger partial charge in [0, 0.05) is 43.8 Å². The van der Waals surface area contributed by atoms with Crippen LogP contribution in [0.15, 0.2) is 158 Å². The van der Waals surface area contributed by atoms with E-state index in [0.29, 0.717) is 0 Å². The van der Waals surface area contributed by atoms with Gasteiger partial charge in [-0.3, -0.25) is 0 Å². The molecule has 0 spiro atoms. The quantitative estimate of drug-likeness (QED) is 0.157. The van der Waals surface area contributed by atoms with Gasteiger partial charge in [0.05, 0.1) is 11.0 Å². The number of fused-ring (bicyclic) bond motifs is 12. The van der Waals surface area contributed by atoms with E-state index in [9.17, 15) is 0 Å². The highest BCUT2D eigenvalue weighted by Crippen LogP contribution is 2.49. The van der Waals surface area contributed by atoms with E-state index in [-0.39, 0.29) is 17.7 Å². The van der Waals surface area contributed by atoms with Gasteiger partial charge >= 0.3 is 6.85 Å². The minimum atomic E-state index is -0.0613. The number of aromatic nitrogens is 2. The van der Waals surface area contributed by atoms with Crippen LogP contribution in [0, 0.1) is 20.8 Å². The van der Waals surface area contributed by atoms with Crippen LogP contribution < -0.4 is 10.9 Å². The van der Waals surface area contributed by atoms with Crippen LogP contribution in [0.4, 0.5) is 0 Å². The molecule has 0 unspecified atom stereocenters. The lowest BCUT2D eigenvalue weighted by Gasteiger charge is -2.35. The van der Waals surface area contributed by atoms with Crippen LogP contribution in [0.2, 0.25) is 0 Å². The fraction of sp³-hybridized carbons (Fsp3) is 0.175. The Morgan fingerprint density at radius 3 is 1.85 bits per heavy atom. The molecule has 0 aliphatic carbocycles. The molecule has 13 rings (SSSR count). The summed E-state index contributed by atoms with van der Waals surface area (Å²) in [6.07, 6.45) is 0. The summed E-state index contributed by atoms with van der Waals surface area (Å²) in [7, 11) is 0. The zero-order valence-corrected chi connectivity index (χ0v) is 39.5. The lowest BCUT2D eigenvalue weighted by molar-refractivity contribution is 0.590. The van der Waals surface area contributed by atoms with Crippen LogP contribution >= 0.6 is 0 Å². The first-order chi connectivity index (χ1) is 31.8. The zero-order valence-electron chi connectivity index (χ0n) is 39.5. The van der Waals surface area contributed by atoms with E-state index < -0.39 is 0 Å². The molecule has 0 saturated carbocycles. The molecule has 0 bridgehead atoms. The van der Waals surface area contributed by atoms with Crippen molar-refractivity contribution in [2.75, 3.05) is 0 Å². The summed E-state index contributed by atoms with van der Waals surface area (Å²) < 4.78 is 5.41. The van der Waals surface area contributed by atoms with Crippen molar-refractivity contribution >= 4 is 72.2 Å². The van der Waals surface area contributed by atoms with Crippen molar-refractivity contribution < 1.29 is 0 Å². The van der Waals surface area contributed by atoms with Gasteiger partial charge in [0.15, 0.2) is 0 Å². The van der Waals surface area contributed by atoms with E-state index in [0.717, 1.165) is 0 Å². The third-order valence-electron chi connectivity index (χ3n) is 15.4. The smallest absolute Gasteiger partial charge is 0.333 e. The molecule has 0 fully saturated rings. The van der Waals surface area contributed by atoms with E-state index in [1.807, 2.05) is 0 Å². The van der Waals surface area contributed by atoms with Crippen LogP contribution in [0.5, 0.6) is 0 Å². The Balaban J connectivity index is 1.26. The Kier molecular flexibility index (Phi) is 8.03. The molecule has 0 radical (unpaired) electrons. The zero-order chi connectivity index (χ0) is 45.1. The lowest BCUT2D eigenvalue weighted by Crippen LogP contribution is -2.55. The van der Waals surface area contributed by atoms with Gasteiger partial charge in [-0.25, -0.2) is 0 Å². The molecule has 0 atom stereocenters. The fourth-order valence-corrected chi connectivity index (χ4v) is 12.1. The number of hydrogen-bond acceptors (Lipinski definition) is 0. The van der Waals surface area contributed by atoms with E-state index in [2.05, 4.69) is 229 Å². The van der Waals surface area contributed by atoms with Crippen LogP contribution in [-0.4, -0.2) is 15.9 Å². The number of hydrogen-bond donors (Lipinski definition) is 0. The van der Waals surface area contributed by atoms with Gasteiger partial charge in [-0.2, -0.15) is 0 Å². The summed E-state index contributed by atoms with van der Waals surface area (Å²) in [4.78, 5) is 0. The second-order valence-corrected chi connectivity index (χ2v) is 21.5. The second kappa shape index (κ2) is 13.5. The Hall–Kier alpha value is -7.10. The average molecular weight is 849 g/mol. The van der Waals surface area contributed by atoms with Crippen LogP contribution in [-0.2, 0) is 10.8 Å². The minimum Gasteiger partial charge on any atom is -0.375 e. The van der Waals surface area contributed by atoms with Crippen molar-refractivity contribution in [3.8, 4) is 50.2 Å². The molecule has 3 heteroatoms. The van der Waals surface area contributed by atoms with E-state index in [1.165, 1.54) is 143 Å².